The minimum Gasteiger partial charge on any atom is -0.365 e. The molecular formula is C20H19F3N2O2. The van der Waals surface area contributed by atoms with E-state index in [1.54, 1.807) is 42.5 Å². The highest BCUT2D eigenvalue weighted by molar-refractivity contribution is 5.95. The number of hydrazone groups is 1. The van der Waals surface area contributed by atoms with Crippen LogP contribution in [0.4, 0.5) is 13.2 Å². The monoisotopic (exact) mass is 376 g/mol. The summed E-state index contributed by atoms with van der Waals surface area (Å²) in [5, 5.41) is 15.1. The summed E-state index contributed by atoms with van der Waals surface area (Å²) in [6.07, 6.45) is -4.94. The summed E-state index contributed by atoms with van der Waals surface area (Å²) in [7, 11) is 0. The maximum absolute atomic E-state index is 13.2. The predicted molar refractivity (Wildman–Crippen MR) is 94.8 cm³/mol. The average molecular weight is 376 g/mol. The summed E-state index contributed by atoms with van der Waals surface area (Å²) < 4.78 is 39.7. The lowest BCUT2D eigenvalue weighted by Crippen LogP contribution is -2.44. The van der Waals surface area contributed by atoms with E-state index in [-0.39, 0.29) is 12.0 Å². The molecule has 0 saturated heterocycles. The zero-order chi connectivity index (χ0) is 19.7. The second kappa shape index (κ2) is 7.15. The number of aryl methyl sites for hydroxylation is 1. The van der Waals surface area contributed by atoms with Crippen LogP contribution in [0.2, 0.25) is 0 Å². The number of halogens is 3. The molecule has 0 fully saturated rings. The lowest BCUT2D eigenvalue weighted by atomic mass is 9.95. The van der Waals surface area contributed by atoms with Gasteiger partial charge in [0.05, 0.1) is 12.8 Å². The van der Waals surface area contributed by atoms with Crippen LogP contribution in [0.15, 0.2) is 59.7 Å². The summed E-state index contributed by atoms with van der Waals surface area (Å²) in [5.41, 5.74) is -1.54. The maximum atomic E-state index is 13.2. The van der Waals surface area contributed by atoms with Crippen LogP contribution < -0.4 is 0 Å². The van der Waals surface area contributed by atoms with Crippen molar-refractivity contribution in [3.63, 3.8) is 0 Å². The first kappa shape index (κ1) is 19.1. The summed E-state index contributed by atoms with van der Waals surface area (Å²) in [5.74, 6) is -0.706. The molecule has 4 nitrogen and oxygen atoms in total. The minimum absolute atomic E-state index is 0.162. The second-order valence-electron chi connectivity index (χ2n) is 6.46. The first-order chi connectivity index (χ1) is 12.7. The van der Waals surface area contributed by atoms with E-state index in [1.807, 2.05) is 6.92 Å². The standard InChI is InChI=1S/C20H19F3N2O2/c1-2-14-8-10-16(11-9-14)19(27)13-17(20(21,22)23)24-25(19)18(26)12-15-6-4-3-5-7-15/h3-11,27H,2,12-13H2,1H3/t19-/m0/s1. The van der Waals surface area contributed by atoms with Gasteiger partial charge in [0.2, 0.25) is 5.91 Å². The van der Waals surface area contributed by atoms with E-state index in [9.17, 15) is 23.1 Å². The lowest BCUT2D eigenvalue weighted by Gasteiger charge is -2.31. The van der Waals surface area contributed by atoms with E-state index in [4.69, 9.17) is 0 Å². The molecule has 0 radical (unpaired) electrons. The van der Waals surface area contributed by atoms with E-state index in [0.29, 0.717) is 10.6 Å². The first-order valence-corrected chi connectivity index (χ1v) is 8.57. The summed E-state index contributed by atoms with van der Waals surface area (Å²) >= 11 is 0. The fourth-order valence-electron chi connectivity index (χ4n) is 3.04. The summed E-state index contributed by atoms with van der Waals surface area (Å²) in [4.78, 5) is 12.7. The molecule has 0 aliphatic carbocycles. The second-order valence-corrected chi connectivity index (χ2v) is 6.46. The van der Waals surface area contributed by atoms with Crippen molar-refractivity contribution >= 4 is 11.6 Å². The molecule has 7 heteroatoms. The van der Waals surface area contributed by atoms with Crippen molar-refractivity contribution in [2.24, 2.45) is 5.10 Å². The number of amides is 1. The summed E-state index contributed by atoms with van der Waals surface area (Å²) in [6, 6.07) is 15.1. The Labute approximate surface area is 154 Å². The maximum Gasteiger partial charge on any atom is 0.431 e. The Bertz CT molecular complexity index is 848. The van der Waals surface area contributed by atoms with E-state index < -0.39 is 29.9 Å². The highest BCUT2D eigenvalue weighted by Gasteiger charge is 2.52. The summed E-state index contributed by atoms with van der Waals surface area (Å²) in [6.45, 7) is 1.94. The molecule has 2 aromatic carbocycles. The fourth-order valence-corrected chi connectivity index (χ4v) is 3.04. The predicted octanol–water partition coefficient (Wildman–Crippen LogP) is 3.79. The van der Waals surface area contributed by atoms with Crippen LogP contribution in [-0.2, 0) is 23.4 Å². The van der Waals surface area contributed by atoms with Crippen molar-refractivity contribution in [1.82, 2.24) is 5.01 Å². The quantitative estimate of drug-likeness (QED) is 0.883. The minimum atomic E-state index is -4.72. The smallest absolute Gasteiger partial charge is 0.365 e. The Kier molecular flexibility index (Phi) is 5.06. The molecule has 2 aromatic rings. The van der Waals surface area contributed by atoms with Crippen LogP contribution >= 0.6 is 0 Å². The van der Waals surface area contributed by atoms with Crippen LogP contribution in [0, 0.1) is 0 Å². The average Bonchev–Trinajstić information content (AvgIpc) is 3.02. The molecule has 0 bridgehead atoms. The van der Waals surface area contributed by atoms with Gasteiger partial charge in [0.25, 0.3) is 0 Å². The number of rotatable bonds is 4. The van der Waals surface area contributed by atoms with Gasteiger partial charge in [-0.05, 0) is 17.5 Å². The third-order valence-corrected chi connectivity index (χ3v) is 4.57. The zero-order valence-electron chi connectivity index (χ0n) is 14.7. The number of carbonyl (C=O) groups is 1. The Morgan fingerprint density at radius 1 is 1.11 bits per heavy atom. The molecule has 27 heavy (non-hydrogen) atoms. The molecule has 1 heterocycles. The molecular weight excluding hydrogens is 357 g/mol. The topological polar surface area (TPSA) is 52.9 Å². The number of nitrogens with zero attached hydrogens (tertiary/aromatic N) is 2. The Morgan fingerprint density at radius 3 is 2.30 bits per heavy atom. The van der Waals surface area contributed by atoms with Crippen molar-refractivity contribution in [3.05, 3.63) is 71.3 Å². The third kappa shape index (κ3) is 3.88. The van der Waals surface area contributed by atoms with Crippen LogP contribution in [0.1, 0.15) is 30.0 Å². The Morgan fingerprint density at radius 2 is 1.74 bits per heavy atom. The highest BCUT2D eigenvalue weighted by atomic mass is 19.4. The van der Waals surface area contributed by atoms with Crippen molar-refractivity contribution in [1.29, 1.82) is 0 Å². The first-order valence-electron chi connectivity index (χ1n) is 8.57. The number of aliphatic hydroxyl groups is 1. The van der Waals surface area contributed by atoms with Crippen molar-refractivity contribution in [3.8, 4) is 0 Å². The van der Waals surface area contributed by atoms with Crippen LogP contribution in [0.3, 0.4) is 0 Å². The number of hydrogen-bond donors (Lipinski definition) is 1. The molecule has 1 N–H and O–H groups in total. The third-order valence-electron chi connectivity index (χ3n) is 4.57. The van der Waals surface area contributed by atoms with Crippen molar-refractivity contribution < 1.29 is 23.1 Å². The van der Waals surface area contributed by atoms with E-state index in [1.165, 1.54) is 12.1 Å². The molecule has 0 unspecified atom stereocenters. The largest absolute Gasteiger partial charge is 0.431 e. The van der Waals surface area contributed by atoms with E-state index >= 15 is 0 Å². The van der Waals surface area contributed by atoms with Crippen molar-refractivity contribution in [2.45, 2.75) is 38.1 Å². The van der Waals surface area contributed by atoms with Gasteiger partial charge in [-0.25, -0.2) is 0 Å². The molecule has 1 aliphatic rings. The number of alkyl halides is 3. The fraction of sp³-hybridized carbons (Fsp3) is 0.300. The Hall–Kier alpha value is -2.67. The van der Waals surface area contributed by atoms with Crippen LogP contribution in [-0.4, -0.2) is 27.9 Å². The van der Waals surface area contributed by atoms with Gasteiger partial charge < -0.3 is 5.11 Å². The van der Waals surface area contributed by atoms with Gasteiger partial charge in [-0.3, -0.25) is 4.79 Å². The molecule has 0 spiro atoms. The van der Waals surface area contributed by atoms with Gasteiger partial charge in [-0.15, -0.1) is 0 Å². The van der Waals surface area contributed by atoms with Gasteiger partial charge in [-0.2, -0.15) is 23.3 Å². The normalized spacial score (nSPS) is 19.9. The number of hydrogen-bond acceptors (Lipinski definition) is 3. The SMILES string of the molecule is CCc1ccc([C@@]2(O)CC(C(F)(F)F)=NN2C(=O)Cc2ccccc2)cc1. The highest BCUT2D eigenvalue weighted by Crippen LogP contribution is 2.40. The molecule has 0 aromatic heterocycles. The number of carbonyl (C=O) groups excluding carboxylic acids is 1. The number of benzene rings is 2. The molecule has 1 aliphatic heterocycles. The van der Waals surface area contributed by atoms with Gasteiger partial charge in [-0.1, -0.05) is 61.5 Å². The van der Waals surface area contributed by atoms with E-state index in [0.717, 1.165) is 12.0 Å². The van der Waals surface area contributed by atoms with Crippen molar-refractivity contribution in [2.75, 3.05) is 0 Å². The van der Waals surface area contributed by atoms with Gasteiger partial charge >= 0.3 is 6.18 Å². The van der Waals surface area contributed by atoms with Crippen LogP contribution in [0.25, 0.3) is 0 Å². The lowest BCUT2D eigenvalue weighted by molar-refractivity contribution is -0.157. The van der Waals surface area contributed by atoms with Gasteiger partial charge in [0, 0.05) is 5.56 Å². The Balaban J connectivity index is 1.96. The molecule has 1 amide bonds. The molecule has 1 atom stereocenters. The van der Waals surface area contributed by atoms with Gasteiger partial charge in [0.15, 0.2) is 5.72 Å². The van der Waals surface area contributed by atoms with E-state index in [2.05, 4.69) is 5.10 Å². The van der Waals surface area contributed by atoms with Gasteiger partial charge in [0.1, 0.15) is 5.71 Å². The van der Waals surface area contributed by atoms with Crippen LogP contribution in [0.5, 0.6) is 0 Å². The molecule has 0 saturated carbocycles. The molecule has 3 rings (SSSR count). The molecule has 142 valence electrons. The zero-order valence-corrected chi connectivity index (χ0v) is 14.7.